The quantitative estimate of drug-likeness (QED) is 0.570. The first-order valence-corrected chi connectivity index (χ1v) is 4.36. The minimum absolute atomic E-state index is 0.506. The number of nitrogen functional groups attached to an aromatic ring is 1. The number of hydrogen-bond acceptors (Lipinski definition) is 3. The van der Waals surface area contributed by atoms with Gasteiger partial charge in [0.2, 0.25) is 6.33 Å². The second-order valence-corrected chi connectivity index (χ2v) is 3.57. The van der Waals surface area contributed by atoms with Crippen LogP contribution in [-0.4, -0.2) is 21.3 Å². The van der Waals surface area contributed by atoms with Gasteiger partial charge in [0.1, 0.15) is 17.6 Å². The Balaban J connectivity index is 2.77. The van der Waals surface area contributed by atoms with Crippen molar-refractivity contribution in [2.24, 2.45) is 0 Å². The Labute approximate surface area is 83.0 Å². The summed E-state index contributed by atoms with van der Waals surface area (Å²) >= 11 is 2.18. The van der Waals surface area contributed by atoms with Crippen LogP contribution in [0.15, 0.2) is 12.5 Å². The zero-order valence-electron chi connectivity index (χ0n) is 6.16. The molecule has 0 unspecified atom stereocenters. The van der Waals surface area contributed by atoms with Crippen molar-refractivity contribution in [2.45, 2.75) is 0 Å². The molecule has 0 spiro atoms. The summed E-state index contributed by atoms with van der Waals surface area (Å²) in [6, 6.07) is 0. The molecule has 4 nitrogen and oxygen atoms in total. The van der Waals surface area contributed by atoms with Crippen LogP contribution >= 0.6 is 22.6 Å². The first kappa shape index (κ1) is 7.66. The zero-order chi connectivity index (χ0) is 8.72. The molecule has 2 rings (SSSR count). The van der Waals surface area contributed by atoms with Gasteiger partial charge in [-0.1, -0.05) is 0 Å². The number of nitrogens with two attached hydrogens (primary N) is 1. The van der Waals surface area contributed by atoms with E-state index in [1.807, 2.05) is 6.20 Å². The Morgan fingerprint density at radius 1 is 1.50 bits per heavy atom. The number of anilines is 1. The van der Waals surface area contributed by atoms with Gasteiger partial charge in [-0.2, -0.15) is 4.98 Å². The molecule has 0 aliphatic carbocycles. The number of halogens is 1. The highest BCUT2D eigenvalue weighted by molar-refractivity contribution is 14.1. The predicted molar refractivity (Wildman–Crippen MR) is 55.5 cm³/mol. The Hall–Kier alpha value is -0.980. The summed E-state index contributed by atoms with van der Waals surface area (Å²) in [4.78, 5) is 7.97. The van der Waals surface area contributed by atoms with Crippen LogP contribution in [0.4, 0.5) is 11.6 Å². The molecule has 0 bridgehead atoms. The fourth-order valence-corrected chi connectivity index (χ4v) is 1.95. The fraction of sp³-hybridized carbons (Fsp3) is 0. The van der Waals surface area contributed by atoms with Crippen LogP contribution in [0.25, 0.3) is 3.58 Å². The topological polar surface area (TPSA) is 54.8 Å². The molecule has 2 heterocycles. The highest BCUT2D eigenvalue weighted by Crippen LogP contribution is 2.37. The van der Waals surface area contributed by atoms with Crippen molar-refractivity contribution in [3.63, 3.8) is 0 Å². The number of aromatic nitrogens is 2. The summed E-state index contributed by atoms with van der Waals surface area (Å²) in [6.45, 7) is 3.78. The average molecular weight is 273 g/mol. The highest BCUT2D eigenvalue weighted by atomic mass is 127. The molecule has 1 aromatic heterocycles. The second kappa shape index (κ2) is 2.51. The van der Waals surface area contributed by atoms with E-state index in [1.165, 1.54) is 6.33 Å². The summed E-state index contributed by atoms with van der Waals surface area (Å²) in [6.07, 6.45) is 3.31. The summed E-state index contributed by atoms with van der Waals surface area (Å²) in [5.74, 6) is 1.28. The predicted octanol–water partition coefficient (Wildman–Crippen LogP) is 1.15. The van der Waals surface area contributed by atoms with Crippen LogP contribution < -0.4 is 5.73 Å². The van der Waals surface area contributed by atoms with Gasteiger partial charge in [0.05, 0.1) is 10.3 Å². The van der Waals surface area contributed by atoms with Crippen molar-refractivity contribution in [3.05, 3.63) is 18.1 Å². The molecule has 0 radical (unpaired) electrons. The van der Waals surface area contributed by atoms with E-state index in [1.54, 1.807) is 4.58 Å². The molecule has 1 aliphatic heterocycles. The van der Waals surface area contributed by atoms with E-state index in [9.17, 15) is 0 Å². The molecule has 12 heavy (non-hydrogen) atoms. The van der Waals surface area contributed by atoms with E-state index in [2.05, 4.69) is 39.3 Å². The van der Waals surface area contributed by atoms with Gasteiger partial charge >= 0.3 is 5.82 Å². The minimum atomic E-state index is 0.506. The third-order valence-electron chi connectivity index (χ3n) is 1.64. The lowest BCUT2D eigenvalue weighted by Gasteiger charge is -1.94. The van der Waals surface area contributed by atoms with Gasteiger partial charge in [0, 0.05) is 0 Å². The monoisotopic (exact) mass is 273 g/mol. The van der Waals surface area contributed by atoms with E-state index in [4.69, 9.17) is 5.73 Å². The fourth-order valence-electron chi connectivity index (χ4n) is 1.10. The highest BCUT2D eigenvalue weighted by Gasteiger charge is 2.26. The van der Waals surface area contributed by atoms with Crippen LogP contribution in [0.5, 0.6) is 0 Å². The maximum absolute atomic E-state index is 5.67. The average Bonchev–Trinajstić information content (AvgIpc) is 2.29. The van der Waals surface area contributed by atoms with Crippen LogP contribution in [-0.2, 0) is 0 Å². The van der Waals surface area contributed by atoms with Gasteiger partial charge < -0.3 is 5.73 Å². The van der Waals surface area contributed by atoms with Crippen molar-refractivity contribution < 1.29 is 4.58 Å². The number of nitrogens with zero attached hydrogens (tertiary/aromatic N) is 3. The molecule has 60 valence electrons. The first-order chi connectivity index (χ1) is 5.70. The van der Waals surface area contributed by atoms with Crippen LogP contribution in [0.3, 0.4) is 0 Å². The maximum atomic E-state index is 5.67. The molecule has 1 aliphatic rings. The lowest BCUT2D eigenvalue weighted by atomic mass is 10.3. The molecule has 0 atom stereocenters. The third-order valence-corrected chi connectivity index (χ3v) is 2.45. The molecule has 0 aromatic carbocycles. The molecule has 0 amide bonds. The van der Waals surface area contributed by atoms with Gasteiger partial charge in [-0.3, -0.25) is 0 Å². The Morgan fingerprint density at radius 2 is 2.25 bits per heavy atom. The van der Waals surface area contributed by atoms with E-state index >= 15 is 0 Å². The van der Waals surface area contributed by atoms with Gasteiger partial charge in [-0.15, -0.1) is 0 Å². The molecule has 1 aromatic rings. The first-order valence-electron chi connectivity index (χ1n) is 3.28. The molecular weight excluding hydrogens is 267 g/mol. The number of fused-ring (bicyclic) bond motifs is 1. The number of rotatable bonds is 0. The van der Waals surface area contributed by atoms with Gasteiger partial charge in [0.15, 0.2) is 0 Å². The normalized spacial score (nSPS) is 14.4. The SMILES string of the molecule is C=[N+]1C=C(I)c2c(N)ncnc21. The van der Waals surface area contributed by atoms with Crippen LogP contribution in [0.1, 0.15) is 5.56 Å². The van der Waals surface area contributed by atoms with Crippen molar-refractivity contribution in [3.8, 4) is 0 Å². The smallest absolute Gasteiger partial charge is 0.341 e. The molecule has 0 fully saturated rings. The van der Waals surface area contributed by atoms with Gasteiger partial charge in [-0.25, -0.2) is 4.58 Å². The molecule has 0 saturated heterocycles. The van der Waals surface area contributed by atoms with Crippen LogP contribution in [0.2, 0.25) is 0 Å². The Bertz CT molecular complexity index is 396. The third kappa shape index (κ3) is 0.927. The maximum Gasteiger partial charge on any atom is 0.341 e. The molecular formula is C7H6IN4+. The Morgan fingerprint density at radius 3 is 2.92 bits per heavy atom. The molecule has 5 heteroatoms. The Kier molecular flexibility index (Phi) is 1.60. The van der Waals surface area contributed by atoms with E-state index in [0.29, 0.717) is 5.82 Å². The molecule has 0 saturated carbocycles. The van der Waals surface area contributed by atoms with Crippen molar-refractivity contribution in [1.29, 1.82) is 0 Å². The summed E-state index contributed by atoms with van der Waals surface area (Å²) in [7, 11) is 0. The van der Waals surface area contributed by atoms with Crippen molar-refractivity contribution in [2.75, 3.05) is 5.73 Å². The van der Waals surface area contributed by atoms with Crippen molar-refractivity contribution in [1.82, 2.24) is 9.97 Å². The lowest BCUT2D eigenvalue weighted by Crippen LogP contribution is -1.98. The van der Waals surface area contributed by atoms with E-state index < -0.39 is 0 Å². The van der Waals surface area contributed by atoms with Crippen LogP contribution in [0, 0.1) is 0 Å². The lowest BCUT2D eigenvalue weighted by molar-refractivity contribution is -0.349. The van der Waals surface area contributed by atoms with Crippen molar-refractivity contribution >= 4 is 44.5 Å². The second-order valence-electron chi connectivity index (χ2n) is 2.40. The standard InChI is InChI=1S/C7H6IN4/c1-12-2-4(8)5-6(9)10-3-11-7(5)12/h2-3H,1H2,(H2,9,10,11)/q+1. The van der Waals surface area contributed by atoms with Gasteiger partial charge in [-0.05, 0) is 27.6 Å². The minimum Gasteiger partial charge on any atom is -0.383 e. The largest absolute Gasteiger partial charge is 0.383 e. The van der Waals surface area contributed by atoms with E-state index in [0.717, 1.165) is 15.0 Å². The number of hydrogen-bond donors (Lipinski definition) is 1. The van der Waals surface area contributed by atoms with E-state index in [-0.39, 0.29) is 0 Å². The summed E-state index contributed by atoms with van der Waals surface area (Å²) < 4.78 is 2.71. The zero-order valence-corrected chi connectivity index (χ0v) is 8.32. The molecule has 2 N–H and O–H groups in total. The van der Waals surface area contributed by atoms with Gasteiger partial charge in [0.25, 0.3) is 0 Å². The summed E-state index contributed by atoms with van der Waals surface area (Å²) in [5.41, 5.74) is 6.56. The summed E-state index contributed by atoms with van der Waals surface area (Å²) in [5, 5.41) is 0.